The van der Waals surface area contributed by atoms with Gasteiger partial charge in [-0.2, -0.15) is 0 Å². The lowest BCUT2D eigenvalue weighted by Gasteiger charge is -2.48. The van der Waals surface area contributed by atoms with Gasteiger partial charge in [0.15, 0.2) is 0 Å². The molecule has 56 valence electrons. The Kier molecular flexibility index (Phi) is 0.669. The Morgan fingerprint density at radius 1 is 1.10 bits per heavy atom. The summed E-state index contributed by atoms with van der Waals surface area (Å²) in [5.74, 6) is 2.28. The van der Waals surface area contributed by atoms with Crippen molar-refractivity contribution in [1.29, 1.82) is 0 Å². The van der Waals surface area contributed by atoms with Crippen LogP contribution in [0.1, 0.15) is 39.5 Å². The lowest BCUT2D eigenvalue weighted by atomic mass is 9.57. The summed E-state index contributed by atoms with van der Waals surface area (Å²) >= 11 is 0. The molecule has 0 aromatic carbocycles. The third-order valence-electron chi connectivity index (χ3n) is 5.20. The summed E-state index contributed by atoms with van der Waals surface area (Å²) in [6, 6.07) is 0. The van der Waals surface area contributed by atoms with Gasteiger partial charge in [0, 0.05) is 0 Å². The number of hydrogen-bond donors (Lipinski definition) is 0. The fraction of sp³-hybridized carbons (Fsp3) is 1.00. The van der Waals surface area contributed by atoms with Crippen LogP contribution in [-0.4, -0.2) is 0 Å². The second-order valence-electron chi connectivity index (χ2n) is 5.21. The van der Waals surface area contributed by atoms with Crippen LogP contribution < -0.4 is 0 Å². The summed E-state index contributed by atoms with van der Waals surface area (Å²) in [4.78, 5) is 0. The van der Waals surface area contributed by atoms with Crippen molar-refractivity contribution >= 4 is 0 Å². The lowest BCUT2D eigenvalue weighted by molar-refractivity contribution is 0.0128. The second kappa shape index (κ2) is 1.19. The van der Waals surface area contributed by atoms with Crippen LogP contribution in [0.3, 0.4) is 0 Å². The Morgan fingerprint density at radius 3 is 2.20 bits per heavy atom. The van der Waals surface area contributed by atoms with E-state index in [1.165, 1.54) is 6.42 Å². The largest absolute Gasteiger partial charge is 0.0588 e. The molecular weight excluding hydrogens is 120 g/mol. The first kappa shape index (κ1) is 5.62. The van der Waals surface area contributed by atoms with E-state index in [4.69, 9.17) is 0 Å². The molecule has 0 aliphatic heterocycles. The molecule has 0 N–H and O–H groups in total. The van der Waals surface area contributed by atoms with E-state index in [1.54, 1.807) is 19.3 Å². The molecular formula is C10H16. The minimum atomic E-state index is 0.803. The van der Waals surface area contributed by atoms with E-state index in [0.29, 0.717) is 0 Å². The van der Waals surface area contributed by atoms with Gasteiger partial charge in [0.25, 0.3) is 0 Å². The quantitative estimate of drug-likeness (QED) is 0.480. The van der Waals surface area contributed by atoms with Gasteiger partial charge in [-0.3, -0.25) is 0 Å². The van der Waals surface area contributed by atoms with Crippen LogP contribution in [0.15, 0.2) is 0 Å². The molecule has 0 nitrogen and oxygen atoms in total. The molecule has 3 rings (SSSR count). The normalized spacial score (nSPS) is 70.2. The molecule has 0 saturated heterocycles. The monoisotopic (exact) mass is 136 g/mol. The average Bonchev–Trinajstić information content (AvgIpc) is 2.50. The molecule has 0 bridgehead atoms. The highest BCUT2D eigenvalue weighted by Crippen LogP contribution is 2.80. The molecule has 0 amide bonds. The molecule has 0 aromatic rings. The molecule has 3 aliphatic carbocycles. The van der Waals surface area contributed by atoms with E-state index in [1.807, 2.05) is 0 Å². The third-order valence-corrected chi connectivity index (χ3v) is 5.20. The molecule has 0 heteroatoms. The van der Waals surface area contributed by atoms with E-state index in [2.05, 4.69) is 13.8 Å². The first-order valence-corrected chi connectivity index (χ1v) is 4.67. The zero-order chi connectivity index (χ0) is 6.98. The van der Waals surface area contributed by atoms with Gasteiger partial charge < -0.3 is 0 Å². The molecule has 0 radical (unpaired) electrons. The molecule has 0 spiro atoms. The van der Waals surface area contributed by atoms with Crippen LogP contribution in [0.2, 0.25) is 0 Å². The van der Waals surface area contributed by atoms with Crippen molar-refractivity contribution in [2.75, 3.05) is 0 Å². The van der Waals surface area contributed by atoms with Gasteiger partial charge in [-0.1, -0.05) is 13.8 Å². The fourth-order valence-corrected chi connectivity index (χ4v) is 3.75. The van der Waals surface area contributed by atoms with Crippen LogP contribution in [0.25, 0.3) is 0 Å². The summed E-state index contributed by atoms with van der Waals surface area (Å²) in [5.41, 5.74) is 1.62. The van der Waals surface area contributed by atoms with Gasteiger partial charge in [-0.25, -0.2) is 0 Å². The Hall–Kier alpha value is 0. The Balaban J connectivity index is 2.04. The Bertz CT molecular complexity index is 196. The summed E-state index contributed by atoms with van der Waals surface area (Å²) in [6.07, 6.45) is 6.21. The first-order valence-electron chi connectivity index (χ1n) is 4.67. The van der Waals surface area contributed by atoms with Gasteiger partial charge in [0.05, 0.1) is 0 Å². The van der Waals surface area contributed by atoms with Crippen molar-refractivity contribution in [3.63, 3.8) is 0 Å². The molecule has 10 heavy (non-hydrogen) atoms. The zero-order valence-corrected chi connectivity index (χ0v) is 6.98. The topological polar surface area (TPSA) is 0 Å². The number of hydrogen-bond acceptors (Lipinski definition) is 0. The highest BCUT2D eigenvalue weighted by Gasteiger charge is 2.71. The van der Waals surface area contributed by atoms with Crippen LogP contribution in [0.5, 0.6) is 0 Å². The minimum Gasteiger partial charge on any atom is -0.0588 e. The Labute approximate surface area is 63.0 Å². The average molecular weight is 136 g/mol. The van der Waals surface area contributed by atoms with E-state index in [-0.39, 0.29) is 0 Å². The molecule has 3 aliphatic rings. The van der Waals surface area contributed by atoms with Gasteiger partial charge in [-0.15, -0.1) is 0 Å². The van der Waals surface area contributed by atoms with Crippen molar-refractivity contribution in [2.45, 2.75) is 39.5 Å². The molecule has 3 fully saturated rings. The van der Waals surface area contributed by atoms with Crippen LogP contribution in [0.4, 0.5) is 0 Å². The first-order chi connectivity index (χ1) is 4.67. The maximum Gasteiger partial charge on any atom is -0.0238 e. The van der Waals surface area contributed by atoms with Crippen molar-refractivity contribution < 1.29 is 0 Å². The molecule has 0 aromatic heterocycles. The molecule has 3 saturated carbocycles. The third kappa shape index (κ3) is 0.339. The van der Waals surface area contributed by atoms with Gasteiger partial charge in [0.1, 0.15) is 0 Å². The van der Waals surface area contributed by atoms with Gasteiger partial charge in [-0.05, 0) is 48.3 Å². The molecule has 4 unspecified atom stereocenters. The predicted octanol–water partition coefficient (Wildman–Crippen LogP) is 2.83. The second-order valence-corrected chi connectivity index (χ2v) is 5.21. The summed E-state index contributed by atoms with van der Waals surface area (Å²) < 4.78 is 0. The Morgan fingerprint density at radius 2 is 1.90 bits per heavy atom. The SMILES string of the molecule is CC12CCC1CC1CC12C. The summed E-state index contributed by atoms with van der Waals surface area (Å²) in [7, 11) is 0. The molecule has 4 atom stereocenters. The zero-order valence-electron chi connectivity index (χ0n) is 6.98. The smallest absolute Gasteiger partial charge is 0.0238 e. The van der Waals surface area contributed by atoms with E-state index in [0.717, 1.165) is 22.7 Å². The predicted molar refractivity (Wildman–Crippen MR) is 41.7 cm³/mol. The van der Waals surface area contributed by atoms with Crippen LogP contribution in [-0.2, 0) is 0 Å². The minimum absolute atomic E-state index is 0.803. The summed E-state index contributed by atoms with van der Waals surface area (Å²) in [5, 5.41) is 0. The van der Waals surface area contributed by atoms with E-state index >= 15 is 0 Å². The summed E-state index contributed by atoms with van der Waals surface area (Å²) in [6.45, 7) is 5.06. The molecule has 0 heterocycles. The maximum atomic E-state index is 2.54. The number of rotatable bonds is 0. The van der Waals surface area contributed by atoms with Crippen molar-refractivity contribution in [1.82, 2.24) is 0 Å². The van der Waals surface area contributed by atoms with Gasteiger partial charge >= 0.3 is 0 Å². The van der Waals surface area contributed by atoms with Crippen LogP contribution >= 0.6 is 0 Å². The highest BCUT2D eigenvalue weighted by atomic mass is 14.8. The number of fused-ring (bicyclic) bond motifs is 3. The van der Waals surface area contributed by atoms with Crippen molar-refractivity contribution in [3.8, 4) is 0 Å². The van der Waals surface area contributed by atoms with Gasteiger partial charge in [0.2, 0.25) is 0 Å². The van der Waals surface area contributed by atoms with E-state index < -0.39 is 0 Å². The fourth-order valence-electron chi connectivity index (χ4n) is 3.75. The van der Waals surface area contributed by atoms with Crippen molar-refractivity contribution in [2.24, 2.45) is 22.7 Å². The van der Waals surface area contributed by atoms with Crippen molar-refractivity contribution in [3.05, 3.63) is 0 Å². The maximum absolute atomic E-state index is 2.54. The van der Waals surface area contributed by atoms with E-state index in [9.17, 15) is 0 Å². The highest BCUT2D eigenvalue weighted by molar-refractivity contribution is 5.20. The van der Waals surface area contributed by atoms with Crippen LogP contribution in [0, 0.1) is 22.7 Å². The lowest BCUT2D eigenvalue weighted by Crippen LogP contribution is -2.39. The standard InChI is InChI=1S/C10H16/c1-9-4-3-7(9)5-8-6-10(8,9)2/h7-8H,3-6H2,1-2H3.